The molecule has 0 radical (unpaired) electrons. The number of aryl methyl sites for hydroxylation is 1. The molecule has 1 atom stereocenters. The highest BCUT2D eigenvalue weighted by atomic mass is 35.5. The van der Waals surface area contributed by atoms with Crippen LogP contribution in [0.25, 0.3) is 0 Å². The fourth-order valence-corrected chi connectivity index (χ4v) is 4.49. The molecule has 1 aliphatic heterocycles. The number of hydrogen-bond donors (Lipinski definition) is 0. The fourth-order valence-electron chi connectivity index (χ4n) is 4.31. The van der Waals surface area contributed by atoms with Gasteiger partial charge in [-0.15, -0.1) is 5.10 Å². The average Bonchev–Trinajstić information content (AvgIpc) is 3.31. The molecule has 5 rings (SSSR count). The third kappa shape index (κ3) is 5.06. The summed E-state index contributed by atoms with van der Waals surface area (Å²) in [5.74, 6) is 0.279. The Morgan fingerprint density at radius 2 is 1.65 bits per heavy atom. The summed E-state index contributed by atoms with van der Waals surface area (Å²) in [6, 6.07) is 29.3. The van der Waals surface area contributed by atoms with E-state index in [1.54, 1.807) is 41.4 Å². The maximum Gasteiger partial charge on any atom is 0.198 e. The van der Waals surface area contributed by atoms with Gasteiger partial charge in [-0.2, -0.15) is 0 Å². The largest absolute Gasteiger partial charge is 0.488 e. The molecule has 1 heterocycles. The van der Waals surface area contributed by atoms with Crippen LogP contribution in [0.15, 0.2) is 102 Å². The van der Waals surface area contributed by atoms with Gasteiger partial charge in [0.15, 0.2) is 17.8 Å². The molecule has 4 aromatic rings. The molecule has 0 unspecified atom stereocenters. The van der Waals surface area contributed by atoms with Crippen molar-refractivity contribution < 1.29 is 13.9 Å². The standard InChI is InChI=1S/C30H25ClFN3O2/c1-20-12-15-24(16-13-20)34-29(21(2)36)33-35(25-9-4-3-5-10-25)30(34)26-18-23(31)14-17-28(26)37-19-22-8-6-7-11-27(22)32/h3-18,30H,19H2,1-2H3/t30-/m1/s1. The smallest absolute Gasteiger partial charge is 0.198 e. The first kappa shape index (κ1) is 24.5. The number of amidine groups is 1. The van der Waals surface area contributed by atoms with Gasteiger partial charge >= 0.3 is 0 Å². The van der Waals surface area contributed by atoms with Gasteiger partial charge < -0.3 is 4.74 Å². The number of benzene rings is 4. The molecule has 0 N–H and O–H groups in total. The molecule has 0 aliphatic carbocycles. The van der Waals surface area contributed by atoms with E-state index in [1.807, 2.05) is 66.4 Å². The van der Waals surface area contributed by atoms with E-state index in [1.165, 1.54) is 13.0 Å². The first-order valence-corrected chi connectivity index (χ1v) is 12.3. The second-order valence-corrected chi connectivity index (χ2v) is 9.24. The molecule has 37 heavy (non-hydrogen) atoms. The lowest BCUT2D eigenvalue weighted by atomic mass is 10.1. The molecule has 7 heteroatoms. The predicted molar refractivity (Wildman–Crippen MR) is 146 cm³/mol. The lowest BCUT2D eigenvalue weighted by molar-refractivity contribution is -0.111. The normalized spacial score (nSPS) is 15.0. The fraction of sp³-hybridized carbons (Fsp3) is 0.133. The first-order chi connectivity index (χ1) is 17.9. The van der Waals surface area contributed by atoms with Crippen LogP contribution < -0.4 is 14.6 Å². The van der Waals surface area contributed by atoms with E-state index in [4.69, 9.17) is 21.4 Å². The Labute approximate surface area is 220 Å². The van der Waals surface area contributed by atoms with Crippen molar-refractivity contribution in [1.29, 1.82) is 0 Å². The van der Waals surface area contributed by atoms with Gasteiger partial charge in [0.05, 0.1) is 5.69 Å². The van der Waals surface area contributed by atoms with E-state index in [2.05, 4.69) is 0 Å². The van der Waals surface area contributed by atoms with Crippen LogP contribution in [0.4, 0.5) is 15.8 Å². The minimum Gasteiger partial charge on any atom is -0.488 e. The molecule has 4 aromatic carbocycles. The Bertz CT molecular complexity index is 1460. The lowest BCUT2D eigenvalue weighted by Crippen LogP contribution is -2.38. The molecule has 0 bridgehead atoms. The van der Waals surface area contributed by atoms with Crippen LogP contribution >= 0.6 is 11.6 Å². The number of anilines is 2. The number of para-hydroxylation sites is 1. The Kier molecular flexibility index (Phi) is 6.93. The molecule has 0 saturated heterocycles. The molecule has 1 aliphatic rings. The second kappa shape index (κ2) is 10.4. The van der Waals surface area contributed by atoms with Gasteiger partial charge in [0.25, 0.3) is 0 Å². The summed E-state index contributed by atoms with van der Waals surface area (Å²) in [4.78, 5) is 14.7. The number of nitrogens with zero attached hydrogens (tertiary/aromatic N) is 3. The van der Waals surface area contributed by atoms with E-state index >= 15 is 0 Å². The SMILES string of the molecule is CC(=O)C1=NN(c2ccccc2)[C@H](c2cc(Cl)ccc2OCc2ccccc2F)N1c1ccc(C)cc1. The number of halogens is 2. The van der Waals surface area contributed by atoms with Gasteiger partial charge in [-0.3, -0.25) is 9.69 Å². The summed E-state index contributed by atoms with van der Waals surface area (Å²) in [7, 11) is 0. The molecule has 0 amide bonds. The summed E-state index contributed by atoms with van der Waals surface area (Å²) in [5, 5.41) is 7.06. The summed E-state index contributed by atoms with van der Waals surface area (Å²) < 4.78 is 20.5. The predicted octanol–water partition coefficient (Wildman–Crippen LogP) is 7.29. The number of carbonyl (C=O) groups excluding carboxylic acids is 1. The van der Waals surface area contributed by atoms with Gasteiger partial charge in [0.2, 0.25) is 0 Å². The molecule has 0 spiro atoms. The zero-order valence-electron chi connectivity index (χ0n) is 20.4. The third-order valence-electron chi connectivity index (χ3n) is 6.15. The van der Waals surface area contributed by atoms with E-state index in [0.29, 0.717) is 21.9 Å². The average molecular weight is 514 g/mol. The Hall–Kier alpha value is -4.16. The van der Waals surface area contributed by atoms with Crippen molar-refractivity contribution in [2.45, 2.75) is 26.6 Å². The van der Waals surface area contributed by atoms with Crippen LogP contribution in [0.1, 0.15) is 29.8 Å². The maximum absolute atomic E-state index is 14.3. The van der Waals surface area contributed by atoms with Crippen LogP contribution in [-0.2, 0) is 11.4 Å². The highest BCUT2D eigenvalue weighted by Gasteiger charge is 2.40. The van der Waals surface area contributed by atoms with Gasteiger partial charge in [-0.1, -0.05) is 65.7 Å². The van der Waals surface area contributed by atoms with Crippen molar-refractivity contribution in [2.24, 2.45) is 5.10 Å². The van der Waals surface area contributed by atoms with Crippen LogP contribution in [0.3, 0.4) is 0 Å². The molecule has 186 valence electrons. The summed E-state index contributed by atoms with van der Waals surface area (Å²) >= 11 is 6.49. The van der Waals surface area contributed by atoms with Crippen molar-refractivity contribution in [3.8, 4) is 5.75 Å². The maximum atomic E-state index is 14.3. The Morgan fingerprint density at radius 3 is 2.35 bits per heavy atom. The van der Waals surface area contributed by atoms with Crippen LogP contribution in [0.2, 0.25) is 5.02 Å². The monoisotopic (exact) mass is 513 g/mol. The molecule has 5 nitrogen and oxygen atoms in total. The number of hydrogen-bond acceptors (Lipinski definition) is 5. The van der Waals surface area contributed by atoms with Crippen LogP contribution in [-0.4, -0.2) is 11.6 Å². The molecular formula is C30H25ClFN3O2. The number of ether oxygens (including phenoxy) is 1. The van der Waals surface area contributed by atoms with Crippen molar-refractivity contribution in [1.82, 2.24) is 0 Å². The number of carbonyl (C=O) groups is 1. The van der Waals surface area contributed by atoms with Gasteiger partial charge in [0.1, 0.15) is 18.2 Å². The van der Waals surface area contributed by atoms with E-state index in [-0.39, 0.29) is 24.0 Å². The van der Waals surface area contributed by atoms with E-state index in [9.17, 15) is 9.18 Å². The van der Waals surface area contributed by atoms with Crippen LogP contribution in [0, 0.1) is 12.7 Å². The first-order valence-electron chi connectivity index (χ1n) is 11.9. The quantitative estimate of drug-likeness (QED) is 0.260. The summed E-state index contributed by atoms with van der Waals surface area (Å²) in [6.07, 6.45) is -0.585. The number of hydrazone groups is 1. The zero-order valence-corrected chi connectivity index (χ0v) is 21.2. The van der Waals surface area contributed by atoms with Gasteiger partial charge in [-0.25, -0.2) is 9.40 Å². The van der Waals surface area contributed by atoms with Gasteiger partial charge in [0, 0.05) is 28.8 Å². The lowest BCUT2D eigenvalue weighted by Gasteiger charge is -2.33. The van der Waals surface area contributed by atoms with Crippen molar-refractivity contribution >= 4 is 34.6 Å². The minimum atomic E-state index is -0.585. The zero-order chi connectivity index (χ0) is 25.9. The van der Waals surface area contributed by atoms with E-state index < -0.39 is 6.17 Å². The number of ketones is 1. The molecule has 0 aromatic heterocycles. The third-order valence-corrected chi connectivity index (χ3v) is 6.38. The highest BCUT2D eigenvalue weighted by molar-refractivity contribution is 6.44. The van der Waals surface area contributed by atoms with Gasteiger partial charge in [-0.05, 0) is 55.5 Å². The second-order valence-electron chi connectivity index (χ2n) is 8.80. The number of rotatable bonds is 7. The molecular weight excluding hydrogens is 489 g/mol. The van der Waals surface area contributed by atoms with Crippen molar-refractivity contribution in [2.75, 3.05) is 9.91 Å². The Morgan fingerprint density at radius 1 is 0.946 bits per heavy atom. The van der Waals surface area contributed by atoms with E-state index in [0.717, 1.165) is 16.9 Å². The highest BCUT2D eigenvalue weighted by Crippen LogP contribution is 2.43. The summed E-state index contributed by atoms with van der Waals surface area (Å²) in [6.45, 7) is 3.54. The minimum absolute atomic E-state index is 0.0321. The number of Topliss-reactive ketones (excluding diaryl/α,β-unsaturated/α-hetero) is 1. The topological polar surface area (TPSA) is 45.1 Å². The van der Waals surface area contributed by atoms with Crippen molar-refractivity contribution in [3.05, 3.63) is 125 Å². The van der Waals surface area contributed by atoms with Crippen molar-refractivity contribution in [3.63, 3.8) is 0 Å². The summed E-state index contributed by atoms with van der Waals surface area (Å²) in [5.41, 5.74) is 3.81. The van der Waals surface area contributed by atoms with Crippen LogP contribution in [0.5, 0.6) is 5.75 Å². The molecule has 0 fully saturated rings. The molecule has 0 saturated carbocycles. The Balaban J connectivity index is 1.65.